The summed E-state index contributed by atoms with van der Waals surface area (Å²) < 4.78 is 19.5. The Bertz CT molecular complexity index is 1290. The first-order valence-corrected chi connectivity index (χ1v) is 11.8. The van der Waals surface area contributed by atoms with E-state index in [0.717, 1.165) is 21.8 Å². The molecule has 0 radical (unpaired) electrons. The summed E-state index contributed by atoms with van der Waals surface area (Å²) in [7, 11) is 0. The molecule has 0 bridgehead atoms. The number of nitrogens with zero attached hydrogens (tertiary/aromatic N) is 1. The minimum Gasteiger partial charge on any atom is -0.483 e. The molecular formula is C25H19BrFN3O3S. The van der Waals surface area contributed by atoms with Crippen molar-refractivity contribution in [2.45, 2.75) is 6.92 Å². The number of ether oxygens (including phenoxy) is 1. The molecule has 6 nitrogen and oxygen atoms in total. The SMILES string of the molecule is Cc1ccc(N2C(=N)S/C(=C\c3cc(Br)ccc3OCC(=O)Nc3ccc(F)cc3)C2=O)cc1. The molecule has 2 N–H and O–H groups in total. The van der Waals surface area contributed by atoms with Crippen LogP contribution in [0.15, 0.2) is 76.1 Å². The number of aryl methyl sites for hydroxylation is 1. The molecule has 2 amide bonds. The summed E-state index contributed by atoms with van der Waals surface area (Å²) in [5.41, 5.74) is 2.72. The van der Waals surface area contributed by atoms with Crippen molar-refractivity contribution in [2.75, 3.05) is 16.8 Å². The van der Waals surface area contributed by atoms with Gasteiger partial charge in [-0.3, -0.25) is 19.9 Å². The van der Waals surface area contributed by atoms with E-state index in [1.165, 1.54) is 29.2 Å². The third kappa shape index (κ3) is 5.55. The third-order valence-electron chi connectivity index (χ3n) is 4.86. The Labute approximate surface area is 208 Å². The fourth-order valence-corrected chi connectivity index (χ4v) is 4.42. The average Bonchev–Trinajstić information content (AvgIpc) is 3.08. The largest absolute Gasteiger partial charge is 0.483 e. The van der Waals surface area contributed by atoms with Crippen LogP contribution in [0, 0.1) is 18.2 Å². The second-order valence-electron chi connectivity index (χ2n) is 7.42. The number of carbonyl (C=O) groups is 2. The predicted octanol–water partition coefficient (Wildman–Crippen LogP) is 5.97. The zero-order valence-corrected chi connectivity index (χ0v) is 20.4. The minimum atomic E-state index is -0.410. The summed E-state index contributed by atoms with van der Waals surface area (Å²) in [6, 6.07) is 18.0. The van der Waals surface area contributed by atoms with Gasteiger partial charge in [0.1, 0.15) is 11.6 Å². The molecule has 3 aromatic rings. The summed E-state index contributed by atoms with van der Waals surface area (Å²) in [4.78, 5) is 27.0. The lowest BCUT2D eigenvalue weighted by molar-refractivity contribution is -0.118. The number of halogens is 2. The molecule has 1 aliphatic rings. The van der Waals surface area contributed by atoms with Gasteiger partial charge in [-0.2, -0.15) is 0 Å². The van der Waals surface area contributed by atoms with Gasteiger partial charge in [0, 0.05) is 15.7 Å². The number of amidine groups is 1. The Balaban J connectivity index is 1.51. The highest BCUT2D eigenvalue weighted by atomic mass is 79.9. The second kappa shape index (κ2) is 10.2. The zero-order valence-electron chi connectivity index (χ0n) is 18.0. The Morgan fingerprint density at radius 2 is 1.85 bits per heavy atom. The van der Waals surface area contributed by atoms with Gasteiger partial charge in [0.05, 0.1) is 10.6 Å². The van der Waals surface area contributed by atoms with E-state index < -0.39 is 11.7 Å². The molecule has 1 saturated heterocycles. The fraction of sp³-hybridized carbons (Fsp3) is 0.0800. The third-order valence-corrected chi connectivity index (χ3v) is 6.24. The molecule has 0 saturated carbocycles. The number of anilines is 2. The van der Waals surface area contributed by atoms with Crippen molar-refractivity contribution < 1.29 is 18.7 Å². The van der Waals surface area contributed by atoms with Crippen molar-refractivity contribution >= 4 is 62.1 Å². The average molecular weight is 540 g/mol. The van der Waals surface area contributed by atoms with E-state index in [4.69, 9.17) is 10.1 Å². The molecule has 3 aromatic carbocycles. The molecule has 0 unspecified atom stereocenters. The molecule has 1 heterocycles. The van der Waals surface area contributed by atoms with E-state index in [0.29, 0.717) is 27.6 Å². The number of thioether (sulfide) groups is 1. The highest BCUT2D eigenvalue weighted by molar-refractivity contribution is 9.10. The number of carbonyl (C=O) groups excluding carboxylic acids is 2. The number of benzene rings is 3. The van der Waals surface area contributed by atoms with E-state index >= 15 is 0 Å². The minimum absolute atomic E-state index is 0.108. The number of rotatable bonds is 6. The van der Waals surface area contributed by atoms with Gasteiger partial charge in [-0.1, -0.05) is 33.6 Å². The van der Waals surface area contributed by atoms with Gasteiger partial charge in [0.25, 0.3) is 11.8 Å². The number of hydrogen-bond donors (Lipinski definition) is 2. The smallest absolute Gasteiger partial charge is 0.271 e. The molecule has 1 aliphatic heterocycles. The van der Waals surface area contributed by atoms with E-state index in [-0.39, 0.29) is 17.7 Å². The first-order valence-electron chi connectivity index (χ1n) is 10.2. The van der Waals surface area contributed by atoms with Crippen LogP contribution in [-0.2, 0) is 9.59 Å². The number of hydrogen-bond acceptors (Lipinski definition) is 5. The highest BCUT2D eigenvalue weighted by Crippen LogP contribution is 2.37. The zero-order chi connectivity index (χ0) is 24.2. The normalized spacial score (nSPS) is 14.6. The van der Waals surface area contributed by atoms with Gasteiger partial charge in [0.15, 0.2) is 11.8 Å². The summed E-state index contributed by atoms with van der Waals surface area (Å²) in [6.45, 7) is 1.68. The number of nitrogens with one attached hydrogen (secondary N) is 2. The lowest BCUT2D eigenvalue weighted by Gasteiger charge is -2.14. The first kappa shape index (κ1) is 23.7. The van der Waals surface area contributed by atoms with Crippen LogP contribution in [0.25, 0.3) is 6.08 Å². The molecule has 9 heteroatoms. The van der Waals surface area contributed by atoms with Crippen LogP contribution in [0.1, 0.15) is 11.1 Å². The summed E-state index contributed by atoms with van der Waals surface area (Å²) in [6.07, 6.45) is 1.65. The standard InChI is InChI=1S/C25H19BrFN3O3S/c1-15-2-9-20(10-3-15)30-24(32)22(34-25(30)28)13-16-12-17(26)4-11-21(16)33-14-23(31)29-19-7-5-18(27)6-8-19/h2-13,28H,14H2,1H3,(H,29,31)/b22-13-,28-25?. The van der Waals surface area contributed by atoms with Crippen molar-refractivity contribution in [3.63, 3.8) is 0 Å². The van der Waals surface area contributed by atoms with Crippen LogP contribution in [0.5, 0.6) is 5.75 Å². The highest BCUT2D eigenvalue weighted by Gasteiger charge is 2.33. The predicted molar refractivity (Wildman–Crippen MR) is 137 cm³/mol. The maximum absolute atomic E-state index is 13.0. The molecule has 0 atom stereocenters. The van der Waals surface area contributed by atoms with Crippen LogP contribution in [0.4, 0.5) is 15.8 Å². The fourth-order valence-electron chi connectivity index (χ4n) is 3.19. The van der Waals surface area contributed by atoms with Crippen molar-refractivity contribution in [3.05, 3.63) is 93.1 Å². The maximum Gasteiger partial charge on any atom is 0.271 e. The summed E-state index contributed by atoms with van der Waals surface area (Å²) >= 11 is 4.48. The molecule has 0 aliphatic carbocycles. The Morgan fingerprint density at radius 3 is 2.56 bits per heavy atom. The van der Waals surface area contributed by atoms with Crippen LogP contribution >= 0.6 is 27.7 Å². The Morgan fingerprint density at radius 1 is 1.15 bits per heavy atom. The van der Waals surface area contributed by atoms with E-state index in [1.807, 2.05) is 19.1 Å². The number of amides is 2. The molecular weight excluding hydrogens is 521 g/mol. The van der Waals surface area contributed by atoms with E-state index in [2.05, 4.69) is 21.2 Å². The van der Waals surface area contributed by atoms with Crippen LogP contribution < -0.4 is 15.0 Å². The molecule has 1 fully saturated rings. The summed E-state index contributed by atoms with van der Waals surface area (Å²) in [5, 5.41) is 11.0. The van der Waals surface area contributed by atoms with Gasteiger partial charge >= 0.3 is 0 Å². The Kier molecular flexibility index (Phi) is 7.14. The topological polar surface area (TPSA) is 82.5 Å². The molecule has 172 valence electrons. The molecule has 0 aromatic heterocycles. The first-order chi connectivity index (χ1) is 16.3. The maximum atomic E-state index is 13.0. The lowest BCUT2D eigenvalue weighted by Crippen LogP contribution is -2.28. The van der Waals surface area contributed by atoms with Gasteiger partial charge in [-0.15, -0.1) is 0 Å². The molecule has 4 rings (SSSR count). The van der Waals surface area contributed by atoms with E-state index in [9.17, 15) is 14.0 Å². The van der Waals surface area contributed by atoms with Crippen molar-refractivity contribution in [1.29, 1.82) is 5.41 Å². The van der Waals surface area contributed by atoms with Gasteiger partial charge < -0.3 is 10.1 Å². The van der Waals surface area contributed by atoms with Gasteiger partial charge in [0.2, 0.25) is 0 Å². The lowest BCUT2D eigenvalue weighted by atomic mass is 10.1. The van der Waals surface area contributed by atoms with Crippen LogP contribution in [0.3, 0.4) is 0 Å². The van der Waals surface area contributed by atoms with E-state index in [1.54, 1.807) is 36.4 Å². The van der Waals surface area contributed by atoms with Gasteiger partial charge in [-0.25, -0.2) is 4.39 Å². The monoisotopic (exact) mass is 539 g/mol. The quantitative estimate of drug-likeness (QED) is 0.378. The van der Waals surface area contributed by atoms with Crippen molar-refractivity contribution in [1.82, 2.24) is 0 Å². The van der Waals surface area contributed by atoms with Crippen molar-refractivity contribution in [2.24, 2.45) is 0 Å². The van der Waals surface area contributed by atoms with Gasteiger partial charge in [-0.05, 0) is 79.4 Å². The van der Waals surface area contributed by atoms with Crippen molar-refractivity contribution in [3.8, 4) is 5.75 Å². The second-order valence-corrected chi connectivity index (χ2v) is 9.36. The summed E-state index contributed by atoms with van der Waals surface area (Å²) in [5.74, 6) is -0.709. The molecule has 34 heavy (non-hydrogen) atoms. The Hall–Kier alpha value is -3.43. The molecule has 0 spiro atoms. The van der Waals surface area contributed by atoms with Crippen LogP contribution in [0.2, 0.25) is 0 Å². The van der Waals surface area contributed by atoms with Crippen LogP contribution in [-0.4, -0.2) is 23.6 Å².